The van der Waals surface area contributed by atoms with E-state index >= 15 is 0 Å². The number of hydrogen-bond acceptors (Lipinski definition) is 8. The predicted octanol–water partition coefficient (Wildman–Crippen LogP) is 3.98. The highest BCUT2D eigenvalue weighted by Gasteiger charge is 2.94. The Hall–Kier alpha value is -1.62. The van der Waals surface area contributed by atoms with Gasteiger partial charge in [-0.25, -0.2) is 9.18 Å². The van der Waals surface area contributed by atoms with Crippen molar-refractivity contribution in [2.24, 2.45) is 34.5 Å². The fraction of sp³-hybridized carbons (Fsp3) is 0.788. The van der Waals surface area contributed by atoms with Crippen molar-refractivity contribution in [3.8, 4) is 0 Å². The summed E-state index contributed by atoms with van der Waals surface area (Å²) in [5.41, 5.74) is -1.36. The van der Waals surface area contributed by atoms with Gasteiger partial charge in [0.2, 0.25) is 0 Å². The largest absolute Gasteiger partial charge is 0.455 e. The van der Waals surface area contributed by atoms with Crippen molar-refractivity contribution in [2.45, 2.75) is 88.1 Å². The molecule has 7 fully saturated rings. The van der Waals surface area contributed by atoms with Gasteiger partial charge in [0.15, 0.2) is 5.60 Å². The van der Waals surface area contributed by atoms with Crippen molar-refractivity contribution in [1.82, 2.24) is 4.90 Å². The lowest BCUT2D eigenvalue weighted by atomic mass is 9.43. The molecule has 0 aromatic heterocycles. The van der Waals surface area contributed by atoms with E-state index in [9.17, 15) is 9.18 Å². The molecule has 2 saturated heterocycles. The molecule has 5 saturated carbocycles. The second kappa shape index (κ2) is 8.98. The third-order valence-electron chi connectivity index (χ3n) is 13.4. The van der Waals surface area contributed by atoms with Gasteiger partial charge in [0.1, 0.15) is 24.3 Å². The van der Waals surface area contributed by atoms with E-state index in [0.29, 0.717) is 17.5 Å². The summed E-state index contributed by atoms with van der Waals surface area (Å²) in [6, 6.07) is 4.40. The zero-order chi connectivity index (χ0) is 29.4. The number of nitrogens with zero attached hydrogens (tertiary/aromatic N) is 1. The summed E-state index contributed by atoms with van der Waals surface area (Å²) >= 11 is 0. The highest BCUT2D eigenvalue weighted by molar-refractivity contribution is 5.90. The number of fused-ring (bicyclic) bond motifs is 1. The predicted molar refractivity (Wildman–Crippen MR) is 149 cm³/mol. The number of hydrogen-bond donors (Lipinski definition) is 0. The van der Waals surface area contributed by atoms with Crippen LogP contribution in [0.4, 0.5) is 4.39 Å². The van der Waals surface area contributed by atoms with Crippen LogP contribution in [0.2, 0.25) is 0 Å². The van der Waals surface area contributed by atoms with E-state index in [4.69, 9.17) is 28.4 Å². The fourth-order valence-corrected chi connectivity index (χ4v) is 12.5. The van der Waals surface area contributed by atoms with Gasteiger partial charge in [0.25, 0.3) is 0 Å². The molecule has 2 heterocycles. The number of carbonyl (C=O) groups is 1. The van der Waals surface area contributed by atoms with Crippen LogP contribution in [0, 0.1) is 47.2 Å². The summed E-state index contributed by atoms with van der Waals surface area (Å²) in [5.74, 6) is -0.232. The van der Waals surface area contributed by atoms with Gasteiger partial charge in [-0.1, -0.05) is 13.8 Å². The number of likely N-dealkylation sites (N-methyl/N-ethyl adjacent to an activating group) is 1. The van der Waals surface area contributed by atoms with Crippen LogP contribution in [0.15, 0.2) is 18.2 Å². The highest BCUT2D eigenvalue weighted by Crippen LogP contribution is 2.82. The molecule has 0 amide bonds. The van der Waals surface area contributed by atoms with Gasteiger partial charge in [-0.05, 0) is 67.8 Å². The maximum absolute atomic E-state index is 14.2. The first-order valence-electron chi connectivity index (χ1n) is 15.8. The van der Waals surface area contributed by atoms with Gasteiger partial charge in [-0.3, -0.25) is 4.90 Å². The molecule has 1 aromatic carbocycles. The number of rotatable bonds is 6. The number of esters is 1. The molecule has 42 heavy (non-hydrogen) atoms. The van der Waals surface area contributed by atoms with Crippen LogP contribution in [0.1, 0.15) is 55.5 Å². The SMILES string of the molecule is CCN1C[C@]2(C)CC[C@H](OC)[C@]34[C@@H]5C[C@H]6[C@H](OC)[C@@H]5[C@@]5(C[C@@H]6OC)OCO[C@]5([C@H]13)[C@@H](OC(=O)c1ccc(F)c(C)c1)[C@H]24. The van der Waals surface area contributed by atoms with E-state index < -0.39 is 23.3 Å². The zero-order valence-corrected chi connectivity index (χ0v) is 25.6. The minimum absolute atomic E-state index is 0.00780. The number of halogens is 1. The maximum atomic E-state index is 14.2. The summed E-state index contributed by atoms with van der Waals surface area (Å²) in [5, 5.41) is 0. The van der Waals surface area contributed by atoms with E-state index in [1.165, 1.54) is 12.1 Å². The number of likely N-dealkylation sites (tertiary alicyclic amines) is 1. The number of carbonyl (C=O) groups excluding carboxylic acids is 1. The lowest BCUT2D eigenvalue weighted by Gasteiger charge is -2.69. The van der Waals surface area contributed by atoms with Crippen molar-refractivity contribution >= 4 is 5.97 Å². The molecule has 7 bridgehead atoms. The molecule has 7 aliphatic rings. The molecule has 2 aliphatic heterocycles. The lowest BCUT2D eigenvalue weighted by molar-refractivity contribution is -0.282. The Morgan fingerprint density at radius 1 is 1.17 bits per heavy atom. The molecular formula is C33H44FNO7. The highest BCUT2D eigenvalue weighted by atomic mass is 19.1. The Morgan fingerprint density at radius 2 is 1.98 bits per heavy atom. The van der Waals surface area contributed by atoms with Crippen LogP contribution in [0.3, 0.4) is 0 Å². The van der Waals surface area contributed by atoms with Gasteiger partial charge in [-0.2, -0.15) is 0 Å². The molecule has 0 unspecified atom stereocenters. The van der Waals surface area contributed by atoms with Crippen LogP contribution < -0.4 is 0 Å². The van der Waals surface area contributed by atoms with Gasteiger partial charge in [-0.15, -0.1) is 0 Å². The van der Waals surface area contributed by atoms with E-state index in [2.05, 4.69) is 18.7 Å². The summed E-state index contributed by atoms with van der Waals surface area (Å²) in [6.07, 6.45) is 2.86. The van der Waals surface area contributed by atoms with E-state index in [0.717, 1.165) is 32.4 Å². The van der Waals surface area contributed by atoms with Crippen LogP contribution >= 0.6 is 0 Å². The number of ether oxygens (including phenoxy) is 6. The van der Waals surface area contributed by atoms with Gasteiger partial charge in [0, 0.05) is 57.5 Å². The summed E-state index contributed by atoms with van der Waals surface area (Å²) in [4.78, 5) is 16.7. The first-order chi connectivity index (χ1) is 20.2. The Bertz CT molecular complexity index is 1310. The Labute approximate surface area is 247 Å². The zero-order valence-electron chi connectivity index (χ0n) is 25.6. The second-order valence-corrected chi connectivity index (χ2v) is 14.4. The topological polar surface area (TPSA) is 75.7 Å². The summed E-state index contributed by atoms with van der Waals surface area (Å²) in [7, 11) is 5.45. The van der Waals surface area contributed by atoms with Crippen molar-refractivity contribution in [1.29, 1.82) is 0 Å². The maximum Gasteiger partial charge on any atom is 0.338 e. The number of benzene rings is 1. The molecule has 5 aliphatic carbocycles. The van der Waals surface area contributed by atoms with Crippen LogP contribution in [-0.4, -0.2) is 93.7 Å². The van der Waals surface area contributed by atoms with Crippen molar-refractivity contribution in [3.63, 3.8) is 0 Å². The first kappa shape index (κ1) is 27.9. The summed E-state index contributed by atoms with van der Waals surface area (Å²) in [6.45, 7) is 8.19. The van der Waals surface area contributed by atoms with Crippen LogP contribution in [-0.2, 0) is 28.4 Å². The number of aryl methyl sites for hydroxylation is 1. The number of piperidine rings is 1. The van der Waals surface area contributed by atoms with Gasteiger partial charge >= 0.3 is 5.97 Å². The standard InChI is InChI=1S/C33H44FNO7/c1-7-35-15-30(3)11-10-23(38-5)32-20-13-19-22(37-4)14-31(24(20)25(19)39-6)33(29(32)35,41-16-40-31)27(26(30)32)42-28(36)18-8-9-21(34)17(2)12-18/h8-9,12,19-20,22-27,29H,7,10-11,13-16H2,1-6H3/t19-,20-,22+,23+,24-,25+,26-,27+,29-,30+,31-,32+,33+/m1/s1. The second-order valence-electron chi connectivity index (χ2n) is 14.4. The molecule has 9 heteroatoms. The average Bonchev–Trinajstić information content (AvgIpc) is 3.57. The van der Waals surface area contributed by atoms with Gasteiger partial charge in [0.05, 0.1) is 29.9 Å². The Kier molecular flexibility index (Phi) is 5.96. The third kappa shape index (κ3) is 2.88. The molecule has 230 valence electrons. The molecule has 0 N–H and O–H groups in total. The molecule has 1 aromatic rings. The van der Waals surface area contributed by atoms with Crippen LogP contribution in [0.25, 0.3) is 0 Å². The normalized spacial score (nSPS) is 51.5. The first-order valence-corrected chi connectivity index (χ1v) is 15.8. The minimum Gasteiger partial charge on any atom is -0.455 e. The van der Waals surface area contributed by atoms with Crippen molar-refractivity contribution < 1.29 is 37.6 Å². The molecule has 13 atom stereocenters. The number of methoxy groups -OCH3 is 3. The molecule has 3 spiro atoms. The lowest BCUT2D eigenvalue weighted by Crippen LogP contribution is -2.81. The fourth-order valence-electron chi connectivity index (χ4n) is 12.5. The van der Waals surface area contributed by atoms with E-state index in [1.807, 2.05) is 14.2 Å². The van der Waals surface area contributed by atoms with E-state index in [-0.39, 0.29) is 71.5 Å². The Morgan fingerprint density at radius 3 is 2.67 bits per heavy atom. The molecule has 8 nitrogen and oxygen atoms in total. The monoisotopic (exact) mass is 585 g/mol. The van der Waals surface area contributed by atoms with Crippen LogP contribution in [0.5, 0.6) is 0 Å². The molecule has 8 rings (SSSR count). The average molecular weight is 586 g/mol. The minimum atomic E-state index is -0.929. The molecular weight excluding hydrogens is 541 g/mol. The van der Waals surface area contributed by atoms with Gasteiger partial charge < -0.3 is 28.4 Å². The van der Waals surface area contributed by atoms with Crippen molar-refractivity contribution in [3.05, 3.63) is 35.1 Å². The van der Waals surface area contributed by atoms with E-state index in [1.54, 1.807) is 20.1 Å². The Balaban J connectivity index is 1.39. The quantitative estimate of drug-likeness (QED) is 0.465. The molecule has 0 radical (unpaired) electrons. The van der Waals surface area contributed by atoms with Crippen molar-refractivity contribution in [2.75, 3.05) is 41.2 Å². The third-order valence-corrected chi connectivity index (χ3v) is 13.4. The summed E-state index contributed by atoms with van der Waals surface area (Å²) < 4.78 is 54.1. The smallest absolute Gasteiger partial charge is 0.338 e.